The first-order valence-electron chi connectivity index (χ1n) is 5.98. The molecular weight excluding hydrogens is 192 g/mol. The minimum Gasteiger partial charge on any atom is -0.379 e. The van der Waals surface area contributed by atoms with Gasteiger partial charge in [0.25, 0.3) is 0 Å². The Hall–Kier alpha value is -0.160. The van der Waals surface area contributed by atoms with Gasteiger partial charge < -0.3 is 20.5 Å². The van der Waals surface area contributed by atoms with Crippen LogP contribution in [0.15, 0.2) is 0 Å². The topological polar surface area (TPSA) is 56.5 Å². The van der Waals surface area contributed by atoms with E-state index in [0.29, 0.717) is 18.1 Å². The Morgan fingerprint density at radius 1 is 1.40 bits per heavy atom. The second kappa shape index (κ2) is 5.25. The molecule has 0 aromatic rings. The zero-order valence-electron chi connectivity index (χ0n) is 9.45. The molecule has 1 heterocycles. The fourth-order valence-corrected chi connectivity index (χ4v) is 2.25. The minimum absolute atomic E-state index is 0.222. The van der Waals surface area contributed by atoms with Gasteiger partial charge in [0, 0.05) is 31.2 Å². The van der Waals surface area contributed by atoms with E-state index in [-0.39, 0.29) is 6.04 Å². The monoisotopic (exact) mass is 214 g/mol. The molecule has 1 aliphatic heterocycles. The van der Waals surface area contributed by atoms with Crippen molar-refractivity contribution in [2.75, 3.05) is 26.4 Å². The highest BCUT2D eigenvalue weighted by Gasteiger charge is 2.31. The molecule has 2 fully saturated rings. The fourth-order valence-electron chi connectivity index (χ4n) is 2.25. The molecule has 1 saturated carbocycles. The number of nitrogens with two attached hydrogens (primary N) is 1. The molecule has 0 aromatic heterocycles. The van der Waals surface area contributed by atoms with Crippen LogP contribution in [0.3, 0.4) is 0 Å². The summed E-state index contributed by atoms with van der Waals surface area (Å²) in [6, 6.07) is 0.856. The van der Waals surface area contributed by atoms with E-state index >= 15 is 0 Å². The average molecular weight is 214 g/mol. The van der Waals surface area contributed by atoms with E-state index in [4.69, 9.17) is 15.2 Å². The molecule has 0 radical (unpaired) electrons. The molecular formula is C11H22N2O2. The normalized spacial score (nSPS) is 40.4. The Bertz CT molecular complexity index is 195. The van der Waals surface area contributed by atoms with Crippen molar-refractivity contribution in [3.8, 4) is 0 Å². The molecule has 2 aliphatic rings. The largest absolute Gasteiger partial charge is 0.379 e. The molecule has 1 aliphatic carbocycles. The van der Waals surface area contributed by atoms with Crippen molar-refractivity contribution in [1.29, 1.82) is 0 Å². The van der Waals surface area contributed by atoms with Crippen LogP contribution in [0.25, 0.3) is 0 Å². The minimum atomic E-state index is 0.222. The highest BCUT2D eigenvalue weighted by molar-refractivity contribution is 4.88. The maximum Gasteiger partial charge on any atom is 0.0621 e. The molecule has 0 bridgehead atoms. The highest BCUT2D eigenvalue weighted by Crippen LogP contribution is 2.23. The lowest BCUT2D eigenvalue weighted by molar-refractivity contribution is -0.0107. The summed E-state index contributed by atoms with van der Waals surface area (Å²) in [6.07, 6.45) is 2.79. The Kier molecular flexibility index (Phi) is 3.97. The maximum absolute atomic E-state index is 5.91. The van der Waals surface area contributed by atoms with E-state index in [2.05, 4.69) is 12.2 Å². The molecule has 4 nitrogen and oxygen atoms in total. The van der Waals surface area contributed by atoms with Crippen molar-refractivity contribution in [2.45, 2.75) is 38.0 Å². The summed E-state index contributed by atoms with van der Waals surface area (Å²) in [5.74, 6) is 0.496. The van der Waals surface area contributed by atoms with Crippen LogP contribution in [0.2, 0.25) is 0 Å². The van der Waals surface area contributed by atoms with Crippen molar-refractivity contribution < 1.29 is 9.47 Å². The predicted molar refractivity (Wildman–Crippen MR) is 58.7 cm³/mol. The molecule has 2 unspecified atom stereocenters. The third kappa shape index (κ3) is 2.91. The van der Waals surface area contributed by atoms with E-state index in [0.717, 1.165) is 39.2 Å². The molecule has 0 aromatic carbocycles. The first-order valence-corrected chi connectivity index (χ1v) is 5.98. The van der Waals surface area contributed by atoms with E-state index in [1.807, 2.05) is 0 Å². The summed E-state index contributed by atoms with van der Waals surface area (Å²) in [7, 11) is 0. The van der Waals surface area contributed by atoms with Crippen LogP contribution < -0.4 is 11.1 Å². The lowest BCUT2D eigenvalue weighted by atomic mass is 9.88. The summed E-state index contributed by atoms with van der Waals surface area (Å²) in [5.41, 5.74) is 5.91. The number of rotatable bonds is 5. The molecule has 0 spiro atoms. The van der Waals surface area contributed by atoms with Crippen molar-refractivity contribution in [2.24, 2.45) is 11.7 Å². The first kappa shape index (κ1) is 11.3. The summed E-state index contributed by atoms with van der Waals surface area (Å²) in [4.78, 5) is 0. The lowest BCUT2D eigenvalue weighted by Gasteiger charge is -2.36. The Labute approximate surface area is 91.5 Å². The lowest BCUT2D eigenvalue weighted by Crippen LogP contribution is -2.48. The van der Waals surface area contributed by atoms with Gasteiger partial charge in [-0.25, -0.2) is 0 Å². The van der Waals surface area contributed by atoms with E-state index in [1.165, 1.54) is 0 Å². The van der Waals surface area contributed by atoms with Gasteiger partial charge in [0.05, 0.1) is 19.3 Å². The number of ether oxygens (including phenoxy) is 2. The quantitative estimate of drug-likeness (QED) is 0.682. The van der Waals surface area contributed by atoms with Gasteiger partial charge in [-0.3, -0.25) is 0 Å². The van der Waals surface area contributed by atoms with Crippen molar-refractivity contribution >= 4 is 0 Å². The van der Waals surface area contributed by atoms with Crippen LogP contribution in [0.5, 0.6) is 0 Å². The number of nitrogens with one attached hydrogen (secondary N) is 1. The van der Waals surface area contributed by atoms with Gasteiger partial charge >= 0.3 is 0 Å². The highest BCUT2D eigenvalue weighted by atomic mass is 16.5. The van der Waals surface area contributed by atoms with Crippen molar-refractivity contribution in [3.05, 3.63) is 0 Å². The van der Waals surface area contributed by atoms with E-state index in [1.54, 1.807) is 0 Å². The number of hydrogen-bond acceptors (Lipinski definition) is 4. The van der Waals surface area contributed by atoms with Gasteiger partial charge in [-0.2, -0.15) is 0 Å². The van der Waals surface area contributed by atoms with Crippen LogP contribution in [0, 0.1) is 5.92 Å². The van der Waals surface area contributed by atoms with Gasteiger partial charge in [-0.15, -0.1) is 0 Å². The molecule has 2 rings (SSSR count). The molecule has 0 amide bonds. The van der Waals surface area contributed by atoms with Crippen LogP contribution >= 0.6 is 0 Å². The van der Waals surface area contributed by atoms with Gasteiger partial charge in [-0.1, -0.05) is 0 Å². The molecule has 15 heavy (non-hydrogen) atoms. The van der Waals surface area contributed by atoms with Gasteiger partial charge in [0.2, 0.25) is 0 Å². The third-order valence-corrected chi connectivity index (χ3v) is 3.41. The standard InChI is InChI=1S/C11H22N2O2/c1-2-15-10-3-9(4-10)13-5-8-6-14-7-11(8)12/h8-11,13H,2-7,12H2,1H3. The maximum atomic E-state index is 5.91. The van der Waals surface area contributed by atoms with Crippen molar-refractivity contribution in [1.82, 2.24) is 5.32 Å². The third-order valence-electron chi connectivity index (χ3n) is 3.41. The summed E-state index contributed by atoms with van der Waals surface area (Å²) in [6.45, 7) is 5.41. The van der Waals surface area contributed by atoms with Gasteiger partial charge in [0.15, 0.2) is 0 Å². The molecule has 1 saturated heterocycles. The SMILES string of the molecule is CCOC1CC(NCC2COCC2N)C1. The van der Waals surface area contributed by atoms with Crippen LogP contribution in [0.4, 0.5) is 0 Å². The van der Waals surface area contributed by atoms with Gasteiger partial charge in [-0.05, 0) is 19.8 Å². The van der Waals surface area contributed by atoms with Gasteiger partial charge in [0.1, 0.15) is 0 Å². The second-order valence-electron chi connectivity index (χ2n) is 4.62. The Morgan fingerprint density at radius 3 is 2.80 bits per heavy atom. The smallest absolute Gasteiger partial charge is 0.0621 e. The fraction of sp³-hybridized carbons (Fsp3) is 1.00. The van der Waals surface area contributed by atoms with Crippen LogP contribution in [0.1, 0.15) is 19.8 Å². The van der Waals surface area contributed by atoms with E-state index in [9.17, 15) is 0 Å². The first-order chi connectivity index (χ1) is 7.29. The molecule has 88 valence electrons. The van der Waals surface area contributed by atoms with Crippen LogP contribution in [-0.4, -0.2) is 44.6 Å². The Morgan fingerprint density at radius 2 is 2.20 bits per heavy atom. The summed E-state index contributed by atoms with van der Waals surface area (Å²) in [5, 5.41) is 3.54. The summed E-state index contributed by atoms with van der Waals surface area (Å²) >= 11 is 0. The zero-order valence-corrected chi connectivity index (χ0v) is 9.45. The average Bonchev–Trinajstić information content (AvgIpc) is 2.55. The van der Waals surface area contributed by atoms with E-state index < -0.39 is 0 Å². The van der Waals surface area contributed by atoms with Crippen LogP contribution in [-0.2, 0) is 9.47 Å². The van der Waals surface area contributed by atoms with Crippen molar-refractivity contribution in [3.63, 3.8) is 0 Å². The molecule has 2 atom stereocenters. The summed E-state index contributed by atoms with van der Waals surface area (Å²) < 4.78 is 10.8. The molecule has 3 N–H and O–H groups in total. The number of hydrogen-bond donors (Lipinski definition) is 2. The Balaban J connectivity index is 1.56. The second-order valence-corrected chi connectivity index (χ2v) is 4.62. The molecule has 4 heteroatoms. The zero-order chi connectivity index (χ0) is 10.7. The predicted octanol–water partition coefficient (Wildman–Crippen LogP) is 0.117.